The molecule has 1 fully saturated rings. The number of methoxy groups -OCH3 is 1. The molecular weight excluding hydrogens is 338 g/mol. The predicted molar refractivity (Wildman–Crippen MR) is 84.9 cm³/mol. The maximum absolute atomic E-state index is 12.4. The average molecular weight is 355 g/mol. The van der Waals surface area contributed by atoms with Crippen molar-refractivity contribution in [2.45, 2.75) is 30.2 Å². The van der Waals surface area contributed by atoms with Gasteiger partial charge in [0.25, 0.3) is 0 Å². The van der Waals surface area contributed by atoms with Crippen molar-refractivity contribution in [3.63, 3.8) is 0 Å². The van der Waals surface area contributed by atoms with Crippen LogP contribution in [-0.4, -0.2) is 31.3 Å². The summed E-state index contributed by atoms with van der Waals surface area (Å²) in [5.74, 6) is -0.116. The van der Waals surface area contributed by atoms with Gasteiger partial charge < -0.3 is 4.74 Å². The van der Waals surface area contributed by atoms with Crippen LogP contribution in [0.5, 0.6) is 0 Å². The van der Waals surface area contributed by atoms with Crippen LogP contribution in [0.4, 0.5) is 0 Å². The van der Waals surface area contributed by atoms with Gasteiger partial charge in [0.1, 0.15) is 9.77 Å². The second-order valence-corrected chi connectivity index (χ2v) is 8.04. The van der Waals surface area contributed by atoms with E-state index in [4.69, 9.17) is 0 Å². The molecule has 0 atom stereocenters. The molecule has 0 aliphatic heterocycles. The van der Waals surface area contributed by atoms with E-state index >= 15 is 0 Å². The van der Waals surface area contributed by atoms with E-state index in [9.17, 15) is 13.2 Å². The summed E-state index contributed by atoms with van der Waals surface area (Å²) < 4.78 is 33.7. The van der Waals surface area contributed by atoms with Crippen molar-refractivity contribution in [2.75, 3.05) is 7.11 Å². The quantitative estimate of drug-likeness (QED) is 0.795. The highest BCUT2D eigenvalue weighted by Gasteiger charge is 2.28. The van der Waals surface area contributed by atoms with Crippen molar-refractivity contribution in [1.29, 1.82) is 0 Å². The molecule has 0 radical (unpaired) electrons. The Morgan fingerprint density at radius 2 is 2.26 bits per heavy atom. The van der Waals surface area contributed by atoms with Crippen molar-refractivity contribution in [3.8, 4) is 0 Å². The van der Waals surface area contributed by atoms with Crippen LogP contribution in [0, 0.1) is 0 Å². The molecule has 0 aromatic carbocycles. The minimum Gasteiger partial charge on any atom is -0.465 e. The third kappa shape index (κ3) is 3.31. The number of carbonyl (C=O) groups excluding carboxylic acids is 1. The molecule has 124 valence electrons. The number of nitrogens with one attached hydrogen (secondary N) is 1. The number of thiophene rings is 1. The number of hydrogen-bond donors (Lipinski definition) is 1. The molecular formula is C14H17N3O4S2. The van der Waals surface area contributed by atoms with Crippen LogP contribution in [0.2, 0.25) is 0 Å². The van der Waals surface area contributed by atoms with Crippen molar-refractivity contribution < 1.29 is 17.9 Å². The lowest BCUT2D eigenvalue weighted by Gasteiger charge is -2.05. The molecule has 1 aliphatic carbocycles. The van der Waals surface area contributed by atoms with Gasteiger partial charge in [-0.3, -0.25) is 4.68 Å². The first kappa shape index (κ1) is 16.2. The van der Waals surface area contributed by atoms with Crippen molar-refractivity contribution in [3.05, 3.63) is 33.8 Å². The molecule has 1 saturated carbocycles. The minimum atomic E-state index is -3.80. The van der Waals surface area contributed by atoms with E-state index in [0.29, 0.717) is 11.6 Å². The van der Waals surface area contributed by atoms with Gasteiger partial charge in [0.2, 0.25) is 10.0 Å². The zero-order valence-electron chi connectivity index (χ0n) is 12.8. The number of esters is 1. The highest BCUT2D eigenvalue weighted by molar-refractivity contribution is 7.89. The van der Waals surface area contributed by atoms with Crippen LogP contribution in [-0.2, 0) is 28.4 Å². The number of hydrogen-bond acceptors (Lipinski definition) is 6. The monoisotopic (exact) mass is 355 g/mol. The van der Waals surface area contributed by atoms with Gasteiger partial charge in [0, 0.05) is 18.7 Å². The summed E-state index contributed by atoms with van der Waals surface area (Å²) in [4.78, 5) is 11.6. The highest BCUT2D eigenvalue weighted by Crippen LogP contribution is 2.39. The molecule has 3 rings (SSSR count). The van der Waals surface area contributed by atoms with Crippen LogP contribution < -0.4 is 4.72 Å². The summed E-state index contributed by atoms with van der Waals surface area (Å²) in [6, 6.07) is 3.32. The average Bonchev–Trinajstić information content (AvgIpc) is 3.10. The standard InChI is InChI=1S/C14H17N3O4S2/c1-17-11(9-3-4-9)7-10(16-17)8-15-23(19,20)12-5-6-22-13(12)14(18)21-2/h5-7,9,15H,3-4,8H2,1-2H3. The van der Waals surface area contributed by atoms with Gasteiger partial charge in [-0.1, -0.05) is 0 Å². The maximum atomic E-state index is 12.4. The van der Waals surface area contributed by atoms with E-state index in [1.54, 1.807) is 10.1 Å². The number of aryl methyl sites for hydroxylation is 1. The van der Waals surface area contributed by atoms with E-state index in [1.165, 1.54) is 13.2 Å². The Kier molecular flexibility index (Phi) is 4.26. The fourth-order valence-electron chi connectivity index (χ4n) is 2.39. The van der Waals surface area contributed by atoms with Gasteiger partial charge in [-0.05, 0) is 30.4 Å². The van der Waals surface area contributed by atoms with Gasteiger partial charge in [-0.15, -0.1) is 11.3 Å². The van der Waals surface area contributed by atoms with E-state index in [-0.39, 0.29) is 16.3 Å². The SMILES string of the molecule is COC(=O)c1sccc1S(=O)(=O)NCc1cc(C2CC2)n(C)n1. The van der Waals surface area contributed by atoms with Crippen LogP contribution >= 0.6 is 11.3 Å². The van der Waals surface area contributed by atoms with Gasteiger partial charge in [0.05, 0.1) is 19.3 Å². The molecule has 23 heavy (non-hydrogen) atoms. The predicted octanol–water partition coefficient (Wildman–Crippen LogP) is 1.62. The summed E-state index contributed by atoms with van der Waals surface area (Å²) in [5, 5.41) is 5.88. The third-order valence-corrected chi connectivity index (χ3v) is 6.16. The summed E-state index contributed by atoms with van der Waals surface area (Å²) >= 11 is 1.04. The fraction of sp³-hybridized carbons (Fsp3) is 0.429. The smallest absolute Gasteiger partial charge is 0.349 e. The van der Waals surface area contributed by atoms with Crippen molar-refractivity contribution >= 4 is 27.3 Å². The molecule has 0 spiro atoms. The van der Waals surface area contributed by atoms with Crippen LogP contribution in [0.15, 0.2) is 22.4 Å². The largest absolute Gasteiger partial charge is 0.465 e. The zero-order chi connectivity index (χ0) is 16.6. The van der Waals surface area contributed by atoms with Gasteiger partial charge >= 0.3 is 5.97 Å². The highest BCUT2D eigenvalue weighted by atomic mass is 32.2. The molecule has 9 heteroatoms. The fourth-order valence-corrected chi connectivity index (χ4v) is 4.72. The minimum absolute atomic E-state index is 0.0623. The first-order chi connectivity index (χ1) is 10.9. The second kappa shape index (κ2) is 6.06. The van der Waals surface area contributed by atoms with Crippen LogP contribution in [0.25, 0.3) is 0 Å². The lowest BCUT2D eigenvalue weighted by molar-refractivity contribution is 0.0602. The Bertz CT molecular complexity index is 834. The Morgan fingerprint density at radius 3 is 2.91 bits per heavy atom. The third-order valence-electron chi connectivity index (χ3n) is 3.69. The molecule has 2 aromatic heterocycles. The van der Waals surface area contributed by atoms with Crippen molar-refractivity contribution in [2.24, 2.45) is 7.05 Å². The molecule has 0 amide bonds. The summed E-state index contributed by atoms with van der Waals surface area (Å²) in [6.07, 6.45) is 2.31. The first-order valence-electron chi connectivity index (χ1n) is 7.10. The van der Waals surface area contributed by atoms with E-state index in [2.05, 4.69) is 14.6 Å². The molecule has 0 unspecified atom stereocenters. The lowest BCUT2D eigenvalue weighted by atomic mass is 10.2. The first-order valence-corrected chi connectivity index (χ1v) is 9.47. The number of rotatable bonds is 6. The Hall–Kier alpha value is -1.71. The van der Waals surface area contributed by atoms with Gasteiger partial charge in [-0.2, -0.15) is 5.10 Å². The zero-order valence-corrected chi connectivity index (χ0v) is 14.4. The summed E-state index contributed by atoms with van der Waals surface area (Å²) in [6.45, 7) is 0.0827. The number of ether oxygens (including phenoxy) is 1. The molecule has 1 N–H and O–H groups in total. The summed E-state index contributed by atoms with van der Waals surface area (Å²) in [5.41, 5.74) is 1.79. The molecule has 2 aromatic rings. The Balaban J connectivity index is 1.75. The lowest BCUT2D eigenvalue weighted by Crippen LogP contribution is -2.24. The normalized spacial score (nSPS) is 14.9. The van der Waals surface area contributed by atoms with Crippen molar-refractivity contribution in [1.82, 2.24) is 14.5 Å². The Morgan fingerprint density at radius 1 is 1.52 bits per heavy atom. The molecule has 7 nitrogen and oxygen atoms in total. The van der Waals surface area contributed by atoms with Crippen LogP contribution in [0.1, 0.15) is 39.8 Å². The maximum Gasteiger partial charge on any atom is 0.349 e. The number of carbonyl (C=O) groups is 1. The van der Waals surface area contributed by atoms with E-state index in [1.807, 2.05) is 13.1 Å². The van der Waals surface area contributed by atoms with E-state index < -0.39 is 16.0 Å². The van der Waals surface area contributed by atoms with Crippen LogP contribution in [0.3, 0.4) is 0 Å². The Labute approximate surface area is 138 Å². The second-order valence-electron chi connectivity index (χ2n) is 5.39. The topological polar surface area (TPSA) is 90.3 Å². The molecule has 1 aliphatic rings. The molecule has 0 bridgehead atoms. The number of sulfonamides is 1. The van der Waals surface area contributed by atoms with Gasteiger partial charge in [0.15, 0.2) is 0 Å². The number of nitrogens with zero attached hydrogens (tertiary/aromatic N) is 2. The molecule has 0 saturated heterocycles. The summed E-state index contributed by atoms with van der Waals surface area (Å²) in [7, 11) is -0.716. The van der Waals surface area contributed by atoms with Gasteiger partial charge in [-0.25, -0.2) is 17.9 Å². The number of aromatic nitrogens is 2. The van der Waals surface area contributed by atoms with E-state index in [0.717, 1.165) is 29.9 Å². The molecule has 2 heterocycles.